The number of fused-ring (bicyclic) bond motifs is 1. The van der Waals surface area contributed by atoms with E-state index in [1.165, 1.54) is 11.1 Å². The molecule has 0 atom stereocenters. The summed E-state index contributed by atoms with van der Waals surface area (Å²) in [5, 5.41) is 0. The van der Waals surface area contributed by atoms with Crippen molar-refractivity contribution in [1.82, 2.24) is 9.97 Å². The second-order valence-electron chi connectivity index (χ2n) is 9.02. The van der Waals surface area contributed by atoms with Crippen molar-refractivity contribution in [1.29, 1.82) is 0 Å². The Bertz CT molecular complexity index is 1450. The van der Waals surface area contributed by atoms with Crippen molar-refractivity contribution < 1.29 is 0 Å². The predicted octanol–water partition coefficient (Wildman–Crippen LogP) is 7.94. The van der Waals surface area contributed by atoms with E-state index in [4.69, 9.17) is 9.98 Å². The Morgan fingerprint density at radius 3 is 1.34 bits per heavy atom. The molecule has 1 aliphatic rings. The second-order valence-corrected chi connectivity index (χ2v) is 9.02. The van der Waals surface area contributed by atoms with Crippen molar-refractivity contribution in [2.24, 2.45) is 9.98 Å². The van der Waals surface area contributed by atoms with Gasteiger partial charge >= 0.3 is 0 Å². The van der Waals surface area contributed by atoms with Crippen LogP contribution in [-0.2, 0) is 0 Å². The number of benzene rings is 3. The molecule has 0 saturated heterocycles. The number of nitrogens with zero attached hydrogens (tertiary/aromatic N) is 2. The molecule has 0 bridgehead atoms. The minimum Gasteiger partial charge on any atom is -0.354 e. The quantitative estimate of drug-likeness (QED) is 0.277. The van der Waals surface area contributed by atoms with Crippen molar-refractivity contribution >= 4 is 22.8 Å². The molecule has 35 heavy (non-hydrogen) atoms. The number of aliphatic imine (C=N–C) groups is 2. The van der Waals surface area contributed by atoms with E-state index in [0.29, 0.717) is 6.42 Å². The van der Waals surface area contributed by atoms with Crippen molar-refractivity contribution in [2.75, 3.05) is 0 Å². The van der Waals surface area contributed by atoms with Gasteiger partial charge in [-0.05, 0) is 72.5 Å². The van der Waals surface area contributed by atoms with Crippen LogP contribution in [0.4, 0.5) is 11.4 Å². The van der Waals surface area contributed by atoms with Gasteiger partial charge in [0.05, 0.1) is 34.2 Å². The third-order valence-corrected chi connectivity index (χ3v) is 6.60. The lowest BCUT2D eigenvalue weighted by Gasteiger charge is -2.06. The van der Waals surface area contributed by atoms with Gasteiger partial charge in [-0.1, -0.05) is 60.7 Å². The van der Waals surface area contributed by atoms with Crippen LogP contribution < -0.4 is 0 Å². The highest BCUT2D eigenvalue weighted by Crippen LogP contribution is 2.35. The summed E-state index contributed by atoms with van der Waals surface area (Å²) in [4.78, 5) is 17.4. The molecule has 0 saturated carbocycles. The lowest BCUT2D eigenvalue weighted by atomic mass is 10.1. The zero-order valence-corrected chi connectivity index (χ0v) is 19.8. The highest BCUT2D eigenvalue weighted by molar-refractivity contribution is 6.19. The van der Waals surface area contributed by atoms with Crippen LogP contribution in [0.25, 0.3) is 22.5 Å². The molecule has 6 rings (SSSR count). The molecule has 4 nitrogen and oxygen atoms in total. The second kappa shape index (κ2) is 8.73. The van der Waals surface area contributed by atoms with Gasteiger partial charge in [-0.2, -0.15) is 0 Å². The van der Waals surface area contributed by atoms with Crippen LogP contribution >= 0.6 is 0 Å². The molecule has 5 aromatic rings. The molecule has 0 fully saturated rings. The van der Waals surface area contributed by atoms with E-state index in [0.717, 1.165) is 56.7 Å². The average molecular weight is 455 g/mol. The van der Waals surface area contributed by atoms with Crippen LogP contribution in [0.5, 0.6) is 0 Å². The van der Waals surface area contributed by atoms with Crippen LogP contribution in [0.2, 0.25) is 0 Å². The molecule has 3 aromatic carbocycles. The van der Waals surface area contributed by atoms with Gasteiger partial charge in [0.2, 0.25) is 0 Å². The van der Waals surface area contributed by atoms with Crippen molar-refractivity contribution in [3.8, 4) is 22.5 Å². The number of nitrogens with one attached hydrogen (secondary N) is 2. The zero-order chi connectivity index (χ0) is 23.8. The Labute approximate surface area is 205 Å². The first-order valence-corrected chi connectivity index (χ1v) is 11.9. The summed E-state index contributed by atoms with van der Waals surface area (Å²) in [7, 11) is 0. The van der Waals surface area contributed by atoms with Gasteiger partial charge in [-0.25, -0.2) is 9.98 Å². The molecule has 4 heteroatoms. The average Bonchev–Trinajstić information content (AvgIpc) is 3.54. The summed E-state index contributed by atoms with van der Waals surface area (Å²) in [5.41, 5.74) is 12.7. The monoisotopic (exact) mass is 454 g/mol. The van der Waals surface area contributed by atoms with Gasteiger partial charge in [0, 0.05) is 17.8 Å². The molecular formula is C31H26N4. The summed E-state index contributed by atoms with van der Waals surface area (Å²) in [5.74, 6) is 0. The Morgan fingerprint density at radius 1 is 0.514 bits per heavy atom. The SMILES string of the molecule is Cc1cc2c(cc1C)N=C(c1ccc(-c3ccccc3)[nH]1)CC(c1ccc(-c3ccccc3)[nH]1)=N2. The Morgan fingerprint density at radius 2 is 0.914 bits per heavy atom. The highest BCUT2D eigenvalue weighted by Gasteiger charge is 2.20. The molecule has 0 aliphatic carbocycles. The number of aromatic amines is 2. The third-order valence-electron chi connectivity index (χ3n) is 6.60. The number of H-pyrrole nitrogens is 2. The minimum atomic E-state index is 0.621. The largest absolute Gasteiger partial charge is 0.354 e. The predicted molar refractivity (Wildman–Crippen MR) is 145 cm³/mol. The summed E-state index contributed by atoms with van der Waals surface area (Å²) in [6.07, 6.45) is 0.621. The highest BCUT2D eigenvalue weighted by atomic mass is 14.9. The van der Waals surface area contributed by atoms with Crippen molar-refractivity contribution in [3.63, 3.8) is 0 Å². The molecule has 0 unspecified atom stereocenters. The van der Waals surface area contributed by atoms with E-state index < -0.39 is 0 Å². The maximum absolute atomic E-state index is 5.12. The first kappa shape index (κ1) is 21.1. The summed E-state index contributed by atoms with van der Waals surface area (Å²) in [6, 6.07) is 33.5. The van der Waals surface area contributed by atoms with Gasteiger partial charge in [0.25, 0.3) is 0 Å². The Kier molecular flexibility index (Phi) is 5.27. The summed E-state index contributed by atoms with van der Waals surface area (Å²) in [6.45, 7) is 4.25. The number of aryl methyl sites for hydroxylation is 2. The normalized spacial score (nSPS) is 13.1. The lowest BCUT2D eigenvalue weighted by molar-refractivity contribution is 1.30. The molecular weight excluding hydrogens is 428 g/mol. The minimum absolute atomic E-state index is 0.621. The van der Waals surface area contributed by atoms with Gasteiger partial charge in [0.1, 0.15) is 0 Å². The molecule has 3 heterocycles. The van der Waals surface area contributed by atoms with Crippen LogP contribution in [0.3, 0.4) is 0 Å². The standard InChI is InChI=1S/C31H26N4/c1-20-17-28-29(18-21(20)2)35-31(27-16-14-25(33-27)23-11-7-4-8-12-23)19-30(34-28)26-15-13-24(32-26)22-9-5-3-6-10-22/h3-18,32-33H,19H2,1-2H3. The summed E-state index contributed by atoms with van der Waals surface area (Å²) >= 11 is 0. The number of hydrogen-bond donors (Lipinski definition) is 2. The third kappa shape index (κ3) is 4.15. The fraction of sp³-hybridized carbons (Fsp3) is 0.0968. The Balaban J connectivity index is 1.44. The van der Waals surface area contributed by atoms with E-state index >= 15 is 0 Å². The first-order chi connectivity index (χ1) is 17.1. The fourth-order valence-corrected chi connectivity index (χ4v) is 4.50. The number of aromatic nitrogens is 2. The van der Waals surface area contributed by atoms with Gasteiger partial charge in [0.15, 0.2) is 0 Å². The smallest absolute Gasteiger partial charge is 0.0893 e. The molecule has 0 radical (unpaired) electrons. The fourth-order valence-electron chi connectivity index (χ4n) is 4.50. The van der Waals surface area contributed by atoms with Crippen LogP contribution in [0.1, 0.15) is 28.9 Å². The van der Waals surface area contributed by atoms with Gasteiger partial charge < -0.3 is 9.97 Å². The Hall–Kier alpha value is -4.44. The summed E-state index contributed by atoms with van der Waals surface area (Å²) < 4.78 is 0. The molecule has 1 aliphatic heterocycles. The van der Waals surface area contributed by atoms with E-state index in [9.17, 15) is 0 Å². The molecule has 170 valence electrons. The van der Waals surface area contributed by atoms with Crippen LogP contribution in [-0.4, -0.2) is 21.4 Å². The maximum atomic E-state index is 5.12. The molecule has 0 amide bonds. The number of hydrogen-bond acceptors (Lipinski definition) is 2. The van der Waals surface area contributed by atoms with Gasteiger partial charge in [-0.3, -0.25) is 0 Å². The van der Waals surface area contributed by atoms with E-state index in [-0.39, 0.29) is 0 Å². The first-order valence-electron chi connectivity index (χ1n) is 11.9. The zero-order valence-electron chi connectivity index (χ0n) is 19.8. The van der Waals surface area contributed by atoms with E-state index in [1.54, 1.807) is 0 Å². The van der Waals surface area contributed by atoms with Gasteiger partial charge in [-0.15, -0.1) is 0 Å². The van der Waals surface area contributed by atoms with Crippen LogP contribution in [0.15, 0.2) is 107 Å². The number of rotatable bonds is 4. The molecule has 2 aromatic heterocycles. The van der Waals surface area contributed by atoms with Crippen molar-refractivity contribution in [2.45, 2.75) is 20.3 Å². The molecule has 2 N–H and O–H groups in total. The van der Waals surface area contributed by atoms with Crippen LogP contribution in [0, 0.1) is 13.8 Å². The lowest BCUT2D eigenvalue weighted by Crippen LogP contribution is -2.10. The van der Waals surface area contributed by atoms with E-state index in [2.05, 4.69) is 109 Å². The maximum Gasteiger partial charge on any atom is 0.0893 e. The van der Waals surface area contributed by atoms with Crippen molar-refractivity contribution in [3.05, 3.63) is 120 Å². The van der Waals surface area contributed by atoms with E-state index in [1.807, 2.05) is 12.1 Å². The topological polar surface area (TPSA) is 56.3 Å². The molecule has 0 spiro atoms.